The normalized spacial score (nSPS) is 11.3. The second-order valence-corrected chi connectivity index (χ2v) is 3.46. The van der Waals surface area contributed by atoms with Gasteiger partial charge in [0, 0.05) is 6.54 Å². The van der Waals surface area contributed by atoms with E-state index in [1.54, 1.807) is 0 Å². The minimum atomic E-state index is -4.25. The zero-order valence-electron chi connectivity index (χ0n) is 6.80. The average Bonchev–Trinajstić information content (AvgIpc) is 1.88. The van der Waals surface area contributed by atoms with E-state index in [0.717, 1.165) is 4.90 Å². The maximum absolute atomic E-state index is 10.0. The summed E-state index contributed by atoms with van der Waals surface area (Å²) in [5.74, 6) is -0.603. The molecule has 0 aliphatic carbocycles. The van der Waals surface area contributed by atoms with Gasteiger partial charge in [0.05, 0.1) is 29.3 Å². The molecular formula is C4H10NNaO5S. The second-order valence-electron chi connectivity index (χ2n) is 1.94. The molecule has 0 spiro atoms. The Morgan fingerprint density at radius 3 is 1.92 bits per heavy atom. The molecule has 0 atom stereocenters. The molecule has 0 heterocycles. The smallest absolute Gasteiger partial charge is 0.748 e. The Morgan fingerprint density at radius 1 is 1.25 bits per heavy atom. The summed E-state index contributed by atoms with van der Waals surface area (Å²) in [6.07, 6.45) is 0. The van der Waals surface area contributed by atoms with Crippen molar-refractivity contribution in [3.63, 3.8) is 0 Å². The minimum Gasteiger partial charge on any atom is -0.748 e. The predicted molar refractivity (Wildman–Crippen MR) is 35.4 cm³/mol. The molecule has 8 heteroatoms. The van der Waals surface area contributed by atoms with E-state index in [9.17, 15) is 13.0 Å². The Hall–Kier alpha value is 0.790. The Kier molecular flexibility index (Phi) is 9.19. The number of hydrogen-bond acceptors (Lipinski definition) is 6. The molecule has 0 saturated heterocycles. The summed E-state index contributed by atoms with van der Waals surface area (Å²) >= 11 is 0. The van der Waals surface area contributed by atoms with Crippen molar-refractivity contribution in [1.29, 1.82) is 0 Å². The summed E-state index contributed by atoms with van der Waals surface area (Å²) in [7, 11) is -4.25. The van der Waals surface area contributed by atoms with Gasteiger partial charge in [-0.25, -0.2) is 8.42 Å². The fourth-order valence-corrected chi connectivity index (χ4v) is 0.909. The number of aliphatic hydroxyl groups is 2. The maximum Gasteiger partial charge on any atom is 1.00 e. The molecule has 0 radical (unpaired) electrons. The van der Waals surface area contributed by atoms with Crippen LogP contribution in [0.4, 0.5) is 0 Å². The maximum atomic E-state index is 10.0. The molecular weight excluding hydrogens is 197 g/mol. The third-order valence-electron chi connectivity index (χ3n) is 1.06. The first-order chi connectivity index (χ1) is 4.99. The summed E-state index contributed by atoms with van der Waals surface area (Å²) in [4.78, 5) is 1.01. The van der Waals surface area contributed by atoms with Crippen molar-refractivity contribution in [2.75, 3.05) is 25.8 Å². The van der Waals surface area contributed by atoms with Crippen LogP contribution in [0, 0.1) is 0 Å². The fourth-order valence-electron chi connectivity index (χ4n) is 0.427. The van der Waals surface area contributed by atoms with Crippen LogP contribution in [0.5, 0.6) is 0 Å². The third kappa shape index (κ3) is 8.88. The molecule has 0 aliphatic heterocycles. The van der Waals surface area contributed by atoms with Crippen molar-refractivity contribution in [2.24, 2.45) is 0 Å². The number of rotatable bonds is 5. The Morgan fingerprint density at radius 2 is 1.67 bits per heavy atom. The van der Waals surface area contributed by atoms with Crippen LogP contribution in [0.15, 0.2) is 0 Å². The van der Waals surface area contributed by atoms with Gasteiger partial charge in [-0.05, 0) is 0 Å². The topological polar surface area (TPSA) is 101 Å². The standard InChI is InChI=1S/C4H11NO5S.Na/c6-3-5(4-7)1-2-11(8,9)10;/h6-7H,1-4H2,(H,8,9,10);/q;+1/p-1. The number of nitrogens with zero attached hydrogens (tertiary/aromatic N) is 1. The fraction of sp³-hybridized carbons (Fsp3) is 1.00. The quantitative estimate of drug-likeness (QED) is 0.265. The molecule has 0 fully saturated rings. The van der Waals surface area contributed by atoms with E-state index >= 15 is 0 Å². The van der Waals surface area contributed by atoms with Crippen LogP contribution in [0.25, 0.3) is 0 Å². The van der Waals surface area contributed by atoms with E-state index in [1.165, 1.54) is 0 Å². The molecule has 0 amide bonds. The van der Waals surface area contributed by atoms with Crippen LogP contribution < -0.4 is 29.6 Å². The van der Waals surface area contributed by atoms with Gasteiger partial charge >= 0.3 is 29.6 Å². The molecule has 6 nitrogen and oxygen atoms in total. The van der Waals surface area contributed by atoms with Crippen LogP contribution >= 0.6 is 0 Å². The first kappa shape index (κ1) is 15.3. The number of hydrogen-bond donors (Lipinski definition) is 2. The van der Waals surface area contributed by atoms with E-state index in [2.05, 4.69) is 0 Å². The molecule has 0 aliphatic rings. The predicted octanol–water partition coefficient (Wildman–Crippen LogP) is -5.26. The van der Waals surface area contributed by atoms with Gasteiger partial charge in [0.25, 0.3) is 0 Å². The molecule has 0 aromatic carbocycles. The third-order valence-corrected chi connectivity index (χ3v) is 1.74. The van der Waals surface area contributed by atoms with Gasteiger partial charge < -0.3 is 14.8 Å². The summed E-state index contributed by atoms with van der Waals surface area (Å²) in [6.45, 7) is -1.09. The minimum absolute atomic E-state index is 0. The van der Waals surface area contributed by atoms with Crippen molar-refractivity contribution in [3.05, 3.63) is 0 Å². The van der Waals surface area contributed by atoms with Crippen molar-refractivity contribution < 1.29 is 52.7 Å². The van der Waals surface area contributed by atoms with Gasteiger partial charge in [-0.3, -0.25) is 4.90 Å². The van der Waals surface area contributed by atoms with Gasteiger partial charge in [-0.2, -0.15) is 0 Å². The SMILES string of the molecule is O=S(=O)([O-])CCN(CO)CO.[Na+]. The van der Waals surface area contributed by atoms with E-state index in [1.807, 2.05) is 0 Å². The monoisotopic (exact) mass is 207 g/mol. The molecule has 12 heavy (non-hydrogen) atoms. The summed E-state index contributed by atoms with van der Waals surface area (Å²) < 4.78 is 30.1. The summed E-state index contributed by atoms with van der Waals surface area (Å²) in [6, 6.07) is 0. The van der Waals surface area contributed by atoms with Crippen LogP contribution in [0.2, 0.25) is 0 Å². The molecule has 0 aromatic heterocycles. The summed E-state index contributed by atoms with van der Waals surface area (Å²) in [5.41, 5.74) is 0. The zero-order valence-corrected chi connectivity index (χ0v) is 9.62. The second kappa shape index (κ2) is 7.22. The van der Waals surface area contributed by atoms with Crippen molar-refractivity contribution in [1.82, 2.24) is 4.90 Å². The Bertz CT molecular complexity index is 190. The molecule has 0 aromatic rings. The largest absolute Gasteiger partial charge is 1.00 e. The van der Waals surface area contributed by atoms with E-state index in [0.29, 0.717) is 0 Å². The molecule has 2 N–H and O–H groups in total. The van der Waals surface area contributed by atoms with Gasteiger partial charge in [-0.1, -0.05) is 0 Å². The van der Waals surface area contributed by atoms with E-state index < -0.39 is 29.3 Å². The van der Waals surface area contributed by atoms with Crippen LogP contribution in [-0.4, -0.2) is 53.8 Å². The van der Waals surface area contributed by atoms with Crippen molar-refractivity contribution in [2.45, 2.75) is 0 Å². The van der Waals surface area contributed by atoms with Gasteiger partial charge in [0.1, 0.15) is 0 Å². The molecule has 0 saturated carbocycles. The van der Waals surface area contributed by atoms with Gasteiger partial charge in [0.2, 0.25) is 0 Å². The summed E-state index contributed by atoms with van der Waals surface area (Å²) in [5, 5.41) is 16.8. The first-order valence-electron chi connectivity index (χ1n) is 2.87. The van der Waals surface area contributed by atoms with E-state index in [4.69, 9.17) is 10.2 Å². The van der Waals surface area contributed by atoms with Gasteiger partial charge in [0.15, 0.2) is 0 Å². The molecule has 68 valence electrons. The van der Waals surface area contributed by atoms with Crippen molar-refractivity contribution in [3.8, 4) is 0 Å². The zero-order chi connectivity index (χ0) is 8.91. The molecule has 0 unspecified atom stereocenters. The van der Waals surface area contributed by atoms with E-state index in [-0.39, 0.29) is 36.1 Å². The Labute approximate surface area is 93.2 Å². The number of aliphatic hydroxyl groups excluding tert-OH is 2. The van der Waals surface area contributed by atoms with Crippen LogP contribution in [-0.2, 0) is 10.1 Å². The molecule has 0 rings (SSSR count). The average molecular weight is 207 g/mol. The van der Waals surface area contributed by atoms with Crippen LogP contribution in [0.3, 0.4) is 0 Å². The molecule has 0 bridgehead atoms. The van der Waals surface area contributed by atoms with Crippen molar-refractivity contribution >= 4 is 10.1 Å². The van der Waals surface area contributed by atoms with Gasteiger partial charge in [-0.15, -0.1) is 0 Å². The first-order valence-corrected chi connectivity index (χ1v) is 4.45. The van der Waals surface area contributed by atoms with Crippen LogP contribution in [0.1, 0.15) is 0 Å². The Balaban J connectivity index is 0.